The highest BCUT2D eigenvalue weighted by atomic mass is 127. The van der Waals surface area contributed by atoms with Crippen LogP contribution in [0.4, 0.5) is 0 Å². The van der Waals surface area contributed by atoms with Gasteiger partial charge in [0, 0.05) is 16.2 Å². The first-order chi connectivity index (χ1) is 9.54. The quantitative estimate of drug-likeness (QED) is 0.745. The standard InChI is InChI=1S/C17H20INO/c1-12(2)19-11-14-8-7-13(3)17(9-14)20-16-6-4-5-15(18)10-16/h4-10,12,19H,11H2,1-3H3. The molecule has 0 aliphatic rings. The van der Waals surface area contributed by atoms with Crippen LogP contribution in [0.5, 0.6) is 11.5 Å². The van der Waals surface area contributed by atoms with Gasteiger partial charge in [-0.15, -0.1) is 0 Å². The predicted octanol–water partition coefficient (Wildman–Crippen LogP) is 4.89. The average molecular weight is 381 g/mol. The monoisotopic (exact) mass is 381 g/mol. The molecular formula is C17H20INO. The Bertz CT molecular complexity index is 581. The lowest BCUT2D eigenvalue weighted by atomic mass is 10.1. The normalized spacial score (nSPS) is 10.8. The second kappa shape index (κ2) is 7.09. The van der Waals surface area contributed by atoms with Gasteiger partial charge in [0.15, 0.2) is 0 Å². The average Bonchev–Trinajstić information content (AvgIpc) is 2.39. The third kappa shape index (κ3) is 4.49. The van der Waals surface area contributed by atoms with E-state index in [1.807, 2.05) is 18.2 Å². The van der Waals surface area contributed by atoms with Crippen LogP contribution in [-0.2, 0) is 6.54 Å². The fourth-order valence-electron chi connectivity index (χ4n) is 1.84. The Morgan fingerprint density at radius 1 is 1.15 bits per heavy atom. The molecule has 0 atom stereocenters. The van der Waals surface area contributed by atoms with E-state index >= 15 is 0 Å². The van der Waals surface area contributed by atoms with Crippen molar-refractivity contribution in [1.29, 1.82) is 0 Å². The molecule has 0 fully saturated rings. The number of hydrogen-bond acceptors (Lipinski definition) is 2. The van der Waals surface area contributed by atoms with Crippen molar-refractivity contribution in [1.82, 2.24) is 5.32 Å². The van der Waals surface area contributed by atoms with E-state index in [2.05, 4.69) is 72.9 Å². The molecule has 1 N–H and O–H groups in total. The van der Waals surface area contributed by atoms with Gasteiger partial charge in [-0.1, -0.05) is 32.0 Å². The third-order valence-corrected chi connectivity index (χ3v) is 3.66. The van der Waals surface area contributed by atoms with Crippen molar-refractivity contribution in [3.63, 3.8) is 0 Å². The van der Waals surface area contributed by atoms with Gasteiger partial charge in [-0.05, 0) is 64.9 Å². The molecule has 3 heteroatoms. The summed E-state index contributed by atoms with van der Waals surface area (Å²) in [6.45, 7) is 7.23. The highest BCUT2D eigenvalue weighted by Crippen LogP contribution is 2.27. The predicted molar refractivity (Wildman–Crippen MR) is 92.4 cm³/mol. The van der Waals surface area contributed by atoms with Crippen molar-refractivity contribution >= 4 is 22.6 Å². The van der Waals surface area contributed by atoms with Crippen LogP contribution in [-0.4, -0.2) is 6.04 Å². The number of aryl methyl sites for hydroxylation is 1. The smallest absolute Gasteiger partial charge is 0.130 e. The van der Waals surface area contributed by atoms with Crippen molar-refractivity contribution in [2.24, 2.45) is 0 Å². The maximum absolute atomic E-state index is 6.00. The first-order valence-corrected chi connectivity index (χ1v) is 7.89. The molecule has 0 unspecified atom stereocenters. The molecule has 0 saturated carbocycles. The third-order valence-electron chi connectivity index (χ3n) is 2.99. The molecule has 2 aromatic rings. The van der Waals surface area contributed by atoms with E-state index in [4.69, 9.17) is 4.74 Å². The largest absolute Gasteiger partial charge is 0.457 e. The van der Waals surface area contributed by atoms with Gasteiger partial charge >= 0.3 is 0 Å². The summed E-state index contributed by atoms with van der Waals surface area (Å²) >= 11 is 2.29. The van der Waals surface area contributed by atoms with Crippen molar-refractivity contribution < 1.29 is 4.74 Å². The molecule has 0 radical (unpaired) electrons. The van der Waals surface area contributed by atoms with Gasteiger partial charge in [-0.3, -0.25) is 0 Å². The molecule has 2 aromatic carbocycles. The fraction of sp³-hybridized carbons (Fsp3) is 0.294. The maximum Gasteiger partial charge on any atom is 0.130 e. The lowest BCUT2D eigenvalue weighted by Gasteiger charge is -2.12. The molecule has 0 aromatic heterocycles. The minimum Gasteiger partial charge on any atom is -0.457 e. The molecule has 106 valence electrons. The minimum absolute atomic E-state index is 0.483. The fourth-order valence-corrected chi connectivity index (χ4v) is 2.36. The van der Waals surface area contributed by atoms with Crippen LogP contribution in [0.2, 0.25) is 0 Å². The molecular weight excluding hydrogens is 361 g/mol. The Morgan fingerprint density at radius 2 is 1.95 bits per heavy atom. The summed E-state index contributed by atoms with van der Waals surface area (Å²) < 4.78 is 7.18. The summed E-state index contributed by atoms with van der Waals surface area (Å²) in [5.41, 5.74) is 2.39. The Labute approximate surface area is 134 Å². The van der Waals surface area contributed by atoms with Crippen LogP contribution in [0.25, 0.3) is 0 Å². The van der Waals surface area contributed by atoms with Crippen LogP contribution in [0.3, 0.4) is 0 Å². The molecule has 0 amide bonds. The van der Waals surface area contributed by atoms with Crippen molar-refractivity contribution in [2.75, 3.05) is 0 Å². The van der Waals surface area contributed by atoms with E-state index in [0.29, 0.717) is 6.04 Å². The van der Waals surface area contributed by atoms with Gasteiger partial charge in [0.05, 0.1) is 0 Å². The molecule has 0 saturated heterocycles. The Balaban J connectivity index is 2.16. The molecule has 20 heavy (non-hydrogen) atoms. The van der Waals surface area contributed by atoms with E-state index in [1.54, 1.807) is 0 Å². The van der Waals surface area contributed by atoms with Gasteiger partial charge in [-0.25, -0.2) is 0 Å². The second-order valence-electron chi connectivity index (χ2n) is 5.19. The number of halogens is 1. The molecule has 2 rings (SSSR count). The summed E-state index contributed by atoms with van der Waals surface area (Å²) in [5.74, 6) is 1.81. The summed E-state index contributed by atoms with van der Waals surface area (Å²) in [4.78, 5) is 0. The molecule has 0 aliphatic carbocycles. The molecule has 0 bridgehead atoms. The second-order valence-corrected chi connectivity index (χ2v) is 6.44. The number of benzene rings is 2. The van der Waals surface area contributed by atoms with Crippen LogP contribution in [0, 0.1) is 10.5 Å². The van der Waals surface area contributed by atoms with Crippen molar-refractivity contribution in [3.05, 3.63) is 57.2 Å². The van der Waals surface area contributed by atoms with E-state index in [1.165, 1.54) is 9.13 Å². The summed E-state index contributed by atoms with van der Waals surface area (Å²) in [6, 6.07) is 15.0. The molecule has 0 heterocycles. The van der Waals surface area contributed by atoms with E-state index < -0.39 is 0 Å². The highest BCUT2D eigenvalue weighted by molar-refractivity contribution is 14.1. The molecule has 0 spiro atoms. The minimum atomic E-state index is 0.483. The summed E-state index contributed by atoms with van der Waals surface area (Å²) in [6.07, 6.45) is 0. The zero-order valence-electron chi connectivity index (χ0n) is 12.1. The lowest BCUT2D eigenvalue weighted by Crippen LogP contribution is -2.21. The zero-order chi connectivity index (χ0) is 14.5. The zero-order valence-corrected chi connectivity index (χ0v) is 14.3. The lowest BCUT2D eigenvalue weighted by molar-refractivity contribution is 0.477. The maximum atomic E-state index is 6.00. The van der Waals surface area contributed by atoms with E-state index in [-0.39, 0.29) is 0 Å². The van der Waals surface area contributed by atoms with E-state index in [9.17, 15) is 0 Å². The van der Waals surface area contributed by atoms with Gasteiger partial charge in [0.1, 0.15) is 11.5 Å². The van der Waals surface area contributed by atoms with Crippen LogP contribution in [0.15, 0.2) is 42.5 Å². The summed E-state index contributed by atoms with van der Waals surface area (Å²) in [7, 11) is 0. The first kappa shape index (κ1) is 15.3. The molecule has 0 aliphatic heterocycles. The van der Waals surface area contributed by atoms with Crippen molar-refractivity contribution in [2.45, 2.75) is 33.4 Å². The van der Waals surface area contributed by atoms with Gasteiger partial charge in [0.2, 0.25) is 0 Å². The number of ether oxygens (including phenoxy) is 1. The molecule has 2 nitrogen and oxygen atoms in total. The number of hydrogen-bond donors (Lipinski definition) is 1. The first-order valence-electron chi connectivity index (χ1n) is 6.81. The van der Waals surface area contributed by atoms with Crippen LogP contribution >= 0.6 is 22.6 Å². The van der Waals surface area contributed by atoms with Crippen molar-refractivity contribution in [3.8, 4) is 11.5 Å². The Hall–Kier alpha value is -1.07. The highest BCUT2D eigenvalue weighted by Gasteiger charge is 2.04. The summed E-state index contributed by atoms with van der Waals surface area (Å²) in [5, 5.41) is 3.42. The van der Waals surface area contributed by atoms with E-state index in [0.717, 1.165) is 23.6 Å². The number of rotatable bonds is 5. The van der Waals surface area contributed by atoms with Gasteiger partial charge in [-0.2, -0.15) is 0 Å². The van der Waals surface area contributed by atoms with Crippen LogP contribution < -0.4 is 10.1 Å². The number of nitrogens with one attached hydrogen (secondary N) is 1. The Kier molecular flexibility index (Phi) is 5.43. The van der Waals surface area contributed by atoms with Gasteiger partial charge in [0.25, 0.3) is 0 Å². The van der Waals surface area contributed by atoms with Gasteiger partial charge < -0.3 is 10.1 Å². The Morgan fingerprint density at radius 3 is 2.65 bits per heavy atom. The van der Waals surface area contributed by atoms with Crippen LogP contribution in [0.1, 0.15) is 25.0 Å². The topological polar surface area (TPSA) is 21.3 Å². The SMILES string of the molecule is Cc1ccc(CNC(C)C)cc1Oc1cccc(I)c1.